The number of nitrogens with zero attached hydrogens (tertiary/aromatic N) is 3. The molecule has 1 N–H and O–H groups in total. The van der Waals surface area contributed by atoms with Crippen LogP contribution < -0.4 is 16.6 Å². The highest BCUT2D eigenvalue weighted by molar-refractivity contribution is 6.30. The second kappa shape index (κ2) is 8.22. The summed E-state index contributed by atoms with van der Waals surface area (Å²) in [4.78, 5) is 38.2. The van der Waals surface area contributed by atoms with Gasteiger partial charge in [-0.2, -0.15) is 9.78 Å². The molecular formula is C20H19ClN4O3. The maximum atomic E-state index is 13.0. The molecule has 1 heterocycles. The van der Waals surface area contributed by atoms with Crippen LogP contribution in [0.5, 0.6) is 0 Å². The standard InChI is InChI=1S/C20H19ClN4O3/c1-3-22-18(26)17-19(27)24(12-14-9-7-13(2)8-10-14)20(28)25(23-17)16-6-4-5-15(21)11-16/h4-11H,3,12H2,1-2H3,(H,22,26). The van der Waals surface area contributed by atoms with Gasteiger partial charge in [0.05, 0.1) is 12.2 Å². The molecule has 0 aliphatic rings. The number of benzene rings is 2. The van der Waals surface area contributed by atoms with Gasteiger partial charge in [0, 0.05) is 11.6 Å². The van der Waals surface area contributed by atoms with E-state index in [9.17, 15) is 14.4 Å². The minimum Gasteiger partial charge on any atom is -0.351 e. The lowest BCUT2D eigenvalue weighted by molar-refractivity contribution is 0.0946. The molecule has 1 aromatic heterocycles. The summed E-state index contributed by atoms with van der Waals surface area (Å²) in [7, 11) is 0. The normalized spacial score (nSPS) is 10.7. The van der Waals surface area contributed by atoms with Gasteiger partial charge in [0.15, 0.2) is 0 Å². The van der Waals surface area contributed by atoms with Crippen molar-refractivity contribution in [1.29, 1.82) is 0 Å². The molecule has 144 valence electrons. The van der Waals surface area contributed by atoms with Crippen LogP contribution in [0, 0.1) is 6.92 Å². The Morgan fingerprint density at radius 2 is 1.86 bits per heavy atom. The van der Waals surface area contributed by atoms with Gasteiger partial charge in [-0.25, -0.2) is 4.79 Å². The first-order chi connectivity index (χ1) is 13.4. The van der Waals surface area contributed by atoms with Crippen molar-refractivity contribution < 1.29 is 4.79 Å². The van der Waals surface area contributed by atoms with Gasteiger partial charge < -0.3 is 5.32 Å². The van der Waals surface area contributed by atoms with Crippen LogP contribution in [0.4, 0.5) is 0 Å². The zero-order chi connectivity index (χ0) is 20.3. The van der Waals surface area contributed by atoms with Crippen molar-refractivity contribution in [2.45, 2.75) is 20.4 Å². The van der Waals surface area contributed by atoms with Crippen LogP contribution >= 0.6 is 11.6 Å². The van der Waals surface area contributed by atoms with Gasteiger partial charge >= 0.3 is 5.69 Å². The Labute approximate surface area is 166 Å². The van der Waals surface area contributed by atoms with E-state index in [0.29, 0.717) is 17.3 Å². The molecule has 0 radical (unpaired) electrons. The number of halogens is 1. The first kappa shape index (κ1) is 19.6. The largest absolute Gasteiger partial charge is 0.352 e. The molecule has 0 bridgehead atoms. The molecule has 0 saturated heterocycles. The van der Waals surface area contributed by atoms with E-state index in [4.69, 9.17) is 11.6 Å². The second-order valence-corrected chi connectivity index (χ2v) is 6.70. The van der Waals surface area contributed by atoms with Crippen LogP contribution in [-0.2, 0) is 6.54 Å². The fourth-order valence-electron chi connectivity index (χ4n) is 2.69. The van der Waals surface area contributed by atoms with Crippen molar-refractivity contribution in [1.82, 2.24) is 19.7 Å². The Balaban J connectivity index is 2.21. The van der Waals surface area contributed by atoms with E-state index in [2.05, 4.69) is 10.4 Å². The van der Waals surface area contributed by atoms with Gasteiger partial charge in [-0.1, -0.05) is 47.5 Å². The fourth-order valence-corrected chi connectivity index (χ4v) is 2.88. The molecule has 8 heteroatoms. The molecule has 3 aromatic rings. The zero-order valence-electron chi connectivity index (χ0n) is 15.5. The molecule has 2 aromatic carbocycles. The van der Waals surface area contributed by atoms with Gasteiger partial charge in [-0.3, -0.25) is 14.2 Å². The monoisotopic (exact) mass is 398 g/mol. The SMILES string of the molecule is CCNC(=O)c1nn(-c2cccc(Cl)c2)c(=O)n(Cc2ccc(C)cc2)c1=O. The van der Waals surface area contributed by atoms with E-state index in [-0.39, 0.29) is 12.2 Å². The Morgan fingerprint density at radius 3 is 2.50 bits per heavy atom. The Bertz CT molecular complexity index is 1130. The van der Waals surface area contributed by atoms with E-state index >= 15 is 0 Å². The van der Waals surface area contributed by atoms with Crippen LogP contribution in [0.2, 0.25) is 5.02 Å². The summed E-state index contributed by atoms with van der Waals surface area (Å²) in [5.41, 5.74) is 0.436. The molecule has 3 rings (SSSR count). The molecule has 0 aliphatic heterocycles. The summed E-state index contributed by atoms with van der Waals surface area (Å²) >= 11 is 6.02. The van der Waals surface area contributed by atoms with E-state index in [1.165, 1.54) is 6.07 Å². The summed E-state index contributed by atoms with van der Waals surface area (Å²) in [5.74, 6) is -0.638. The van der Waals surface area contributed by atoms with Crippen molar-refractivity contribution >= 4 is 17.5 Å². The minimum atomic E-state index is -0.741. The average Bonchev–Trinajstić information content (AvgIpc) is 2.67. The maximum absolute atomic E-state index is 13.0. The van der Waals surface area contributed by atoms with Crippen molar-refractivity contribution in [2.24, 2.45) is 0 Å². The summed E-state index contributed by atoms with van der Waals surface area (Å²) in [6.07, 6.45) is 0. The third-order valence-electron chi connectivity index (χ3n) is 4.13. The first-order valence-electron chi connectivity index (χ1n) is 8.74. The van der Waals surface area contributed by atoms with Crippen molar-refractivity contribution in [3.05, 3.63) is 91.2 Å². The predicted octanol–water partition coefficient (Wildman–Crippen LogP) is 2.15. The number of amides is 1. The molecule has 0 fully saturated rings. The number of hydrogen-bond donors (Lipinski definition) is 1. The Kier molecular flexibility index (Phi) is 5.75. The van der Waals surface area contributed by atoms with Crippen molar-refractivity contribution in [3.8, 4) is 5.69 Å². The molecular weight excluding hydrogens is 380 g/mol. The van der Waals surface area contributed by atoms with Crippen LogP contribution in [-0.4, -0.2) is 26.8 Å². The lowest BCUT2D eigenvalue weighted by atomic mass is 10.1. The average molecular weight is 399 g/mol. The molecule has 1 amide bonds. The lowest BCUT2D eigenvalue weighted by Gasteiger charge is -2.12. The number of hydrogen-bond acceptors (Lipinski definition) is 4. The number of aryl methyl sites for hydroxylation is 1. The highest BCUT2D eigenvalue weighted by Gasteiger charge is 2.20. The molecule has 0 unspecified atom stereocenters. The number of nitrogens with one attached hydrogen (secondary N) is 1. The third-order valence-corrected chi connectivity index (χ3v) is 4.36. The summed E-state index contributed by atoms with van der Waals surface area (Å²) < 4.78 is 2.02. The van der Waals surface area contributed by atoms with Crippen molar-refractivity contribution in [2.75, 3.05) is 6.54 Å². The van der Waals surface area contributed by atoms with E-state index in [1.54, 1.807) is 25.1 Å². The topological polar surface area (TPSA) is 86.0 Å². The number of aromatic nitrogens is 3. The number of carbonyl (C=O) groups is 1. The first-order valence-corrected chi connectivity index (χ1v) is 9.12. The summed E-state index contributed by atoms with van der Waals surface area (Å²) in [6, 6.07) is 13.9. The maximum Gasteiger partial charge on any atom is 0.352 e. The van der Waals surface area contributed by atoms with E-state index in [1.807, 2.05) is 31.2 Å². The number of rotatable bonds is 5. The summed E-state index contributed by atoms with van der Waals surface area (Å²) in [5, 5.41) is 6.98. The minimum absolute atomic E-state index is 0.0213. The molecule has 28 heavy (non-hydrogen) atoms. The highest BCUT2D eigenvalue weighted by atomic mass is 35.5. The highest BCUT2D eigenvalue weighted by Crippen LogP contribution is 2.12. The van der Waals surface area contributed by atoms with Gasteiger partial charge in [0.1, 0.15) is 0 Å². The zero-order valence-corrected chi connectivity index (χ0v) is 16.2. The number of carbonyl (C=O) groups excluding carboxylic acids is 1. The van der Waals surface area contributed by atoms with E-state index < -0.39 is 17.2 Å². The fraction of sp³-hybridized carbons (Fsp3) is 0.200. The van der Waals surface area contributed by atoms with Gasteiger partial charge in [-0.05, 0) is 37.6 Å². The van der Waals surface area contributed by atoms with Crippen molar-refractivity contribution in [3.63, 3.8) is 0 Å². The summed E-state index contributed by atoms with van der Waals surface area (Å²) in [6.45, 7) is 4.03. The Hall–Kier alpha value is -3.19. The van der Waals surface area contributed by atoms with Crippen LogP contribution in [0.25, 0.3) is 5.69 Å². The van der Waals surface area contributed by atoms with Crippen LogP contribution in [0.15, 0.2) is 58.1 Å². The van der Waals surface area contributed by atoms with Gasteiger partial charge in [-0.15, -0.1) is 0 Å². The third kappa shape index (κ3) is 4.04. The molecule has 0 aliphatic carbocycles. The second-order valence-electron chi connectivity index (χ2n) is 6.26. The molecule has 7 nitrogen and oxygen atoms in total. The van der Waals surface area contributed by atoms with Crippen LogP contribution in [0.1, 0.15) is 28.5 Å². The van der Waals surface area contributed by atoms with Gasteiger partial charge in [0.2, 0.25) is 5.69 Å². The molecule has 0 atom stereocenters. The Morgan fingerprint density at radius 1 is 1.14 bits per heavy atom. The molecule has 0 saturated carbocycles. The van der Waals surface area contributed by atoms with Crippen LogP contribution in [0.3, 0.4) is 0 Å². The lowest BCUT2D eigenvalue weighted by Crippen LogP contribution is -2.46. The predicted molar refractivity (Wildman–Crippen MR) is 107 cm³/mol. The smallest absolute Gasteiger partial charge is 0.351 e. The van der Waals surface area contributed by atoms with Gasteiger partial charge in [0.25, 0.3) is 11.5 Å². The molecule has 0 spiro atoms. The quantitative estimate of drug-likeness (QED) is 0.713. The van der Waals surface area contributed by atoms with E-state index in [0.717, 1.165) is 20.4 Å².